The van der Waals surface area contributed by atoms with Gasteiger partial charge in [-0.15, -0.1) is 0 Å². The average Bonchev–Trinajstić information content (AvgIpc) is 2.01. The molecule has 74 valence electrons. The van der Waals surface area contributed by atoms with Gasteiger partial charge in [0.2, 0.25) is 0 Å². The lowest BCUT2D eigenvalue weighted by molar-refractivity contribution is -0.293. The van der Waals surface area contributed by atoms with E-state index < -0.39 is 5.97 Å². The lowest BCUT2D eigenvalue weighted by atomic mass is 10.3. The number of rotatable bonds is 3. The minimum atomic E-state index is -0.407. The molecule has 1 N–H and O–H groups in total. The third kappa shape index (κ3) is 16.2. The fourth-order valence-electron chi connectivity index (χ4n) is 0.218. The summed E-state index contributed by atoms with van der Waals surface area (Å²) >= 11 is 0. The summed E-state index contributed by atoms with van der Waals surface area (Å²) in [6.07, 6.45) is 0.835. The van der Waals surface area contributed by atoms with Gasteiger partial charge in [-0.05, 0) is 20.3 Å². The Labute approximate surface area is 73.4 Å². The van der Waals surface area contributed by atoms with Gasteiger partial charge in [-0.1, -0.05) is 6.92 Å². The second-order valence-corrected chi connectivity index (χ2v) is 2.21. The second kappa shape index (κ2) is 10.4. The molecule has 0 spiro atoms. The highest BCUT2D eigenvalue weighted by atomic mass is 17.2. The molecule has 0 heterocycles. The van der Waals surface area contributed by atoms with E-state index in [9.17, 15) is 4.79 Å². The Hall–Kier alpha value is -0.610. The Morgan fingerprint density at radius 3 is 2.17 bits per heavy atom. The zero-order valence-electron chi connectivity index (χ0n) is 8.16. The van der Waals surface area contributed by atoms with Crippen LogP contribution in [0.2, 0.25) is 0 Å². The standard InChI is InChI=1S/C6H12O3.C2H6O/c1-4-5(2)8-9-6(3)7;1-2-3/h5H,4H2,1-3H3;3H,2H2,1H3. The maximum absolute atomic E-state index is 10.1. The van der Waals surface area contributed by atoms with Gasteiger partial charge in [0.25, 0.3) is 0 Å². The van der Waals surface area contributed by atoms with Crippen molar-refractivity contribution in [3.8, 4) is 0 Å². The van der Waals surface area contributed by atoms with Crippen molar-refractivity contribution < 1.29 is 19.7 Å². The van der Waals surface area contributed by atoms with Gasteiger partial charge in [0.05, 0.1) is 0 Å². The molecule has 0 amide bonds. The van der Waals surface area contributed by atoms with E-state index in [-0.39, 0.29) is 12.7 Å². The molecule has 4 nitrogen and oxygen atoms in total. The number of hydrogen-bond donors (Lipinski definition) is 1. The molecule has 12 heavy (non-hydrogen) atoms. The van der Waals surface area contributed by atoms with Crippen LogP contribution in [0.3, 0.4) is 0 Å². The fraction of sp³-hybridized carbons (Fsp3) is 0.875. The van der Waals surface area contributed by atoms with Crippen LogP contribution in [-0.2, 0) is 14.6 Å². The molecule has 4 heteroatoms. The van der Waals surface area contributed by atoms with Crippen LogP contribution in [0.4, 0.5) is 0 Å². The molecule has 0 saturated heterocycles. The SMILES string of the molecule is CCC(C)OOC(C)=O.CCO. The topological polar surface area (TPSA) is 55.8 Å². The molecule has 0 bridgehead atoms. The van der Waals surface area contributed by atoms with Crippen LogP contribution < -0.4 is 0 Å². The van der Waals surface area contributed by atoms with Crippen molar-refractivity contribution in [1.29, 1.82) is 0 Å². The molecule has 0 rings (SSSR count). The smallest absolute Gasteiger partial charge is 0.339 e. The summed E-state index contributed by atoms with van der Waals surface area (Å²) in [5, 5.41) is 7.57. The lowest BCUT2D eigenvalue weighted by Crippen LogP contribution is -2.09. The molecule has 0 fully saturated rings. The third-order valence-electron chi connectivity index (χ3n) is 0.905. The van der Waals surface area contributed by atoms with Gasteiger partial charge in [-0.2, -0.15) is 4.89 Å². The van der Waals surface area contributed by atoms with Gasteiger partial charge in [0.1, 0.15) is 6.10 Å². The maximum Gasteiger partial charge on any atom is 0.339 e. The monoisotopic (exact) mass is 178 g/mol. The van der Waals surface area contributed by atoms with Gasteiger partial charge >= 0.3 is 5.97 Å². The minimum Gasteiger partial charge on any atom is -0.397 e. The van der Waals surface area contributed by atoms with Crippen molar-refractivity contribution in [3.63, 3.8) is 0 Å². The Morgan fingerprint density at radius 2 is 1.92 bits per heavy atom. The van der Waals surface area contributed by atoms with E-state index >= 15 is 0 Å². The molecular formula is C8H18O4. The molecular weight excluding hydrogens is 160 g/mol. The van der Waals surface area contributed by atoms with Crippen LogP contribution in [-0.4, -0.2) is 23.8 Å². The first-order valence-electron chi connectivity index (χ1n) is 4.03. The summed E-state index contributed by atoms with van der Waals surface area (Å²) in [5.41, 5.74) is 0. The third-order valence-corrected chi connectivity index (χ3v) is 0.905. The summed E-state index contributed by atoms with van der Waals surface area (Å²) in [6, 6.07) is 0. The van der Waals surface area contributed by atoms with Crippen molar-refractivity contribution in [2.75, 3.05) is 6.61 Å². The first kappa shape index (κ1) is 13.9. The number of aliphatic hydroxyl groups excluding tert-OH is 1. The Balaban J connectivity index is 0. The summed E-state index contributed by atoms with van der Waals surface area (Å²) in [5.74, 6) is -0.407. The first-order chi connectivity index (χ1) is 5.58. The van der Waals surface area contributed by atoms with Gasteiger partial charge in [0.15, 0.2) is 0 Å². The zero-order chi connectivity index (χ0) is 9.98. The summed E-state index contributed by atoms with van der Waals surface area (Å²) in [6.45, 7) is 7.03. The van der Waals surface area contributed by atoms with Crippen molar-refractivity contribution in [2.24, 2.45) is 0 Å². The highest BCUT2D eigenvalue weighted by molar-refractivity contribution is 5.65. The quantitative estimate of drug-likeness (QED) is 0.522. The Kier molecular flexibility index (Phi) is 12.1. The van der Waals surface area contributed by atoms with Crippen LogP contribution >= 0.6 is 0 Å². The summed E-state index contributed by atoms with van der Waals surface area (Å²) < 4.78 is 0. The van der Waals surface area contributed by atoms with Crippen molar-refractivity contribution in [3.05, 3.63) is 0 Å². The van der Waals surface area contributed by atoms with Gasteiger partial charge in [0, 0.05) is 13.5 Å². The molecule has 0 aromatic carbocycles. The maximum atomic E-state index is 10.1. The molecule has 0 aliphatic carbocycles. The molecule has 0 radical (unpaired) electrons. The minimum absolute atomic E-state index is 0.00565. The Bertz CT molecular complexity index is 103. The van der Waals surface area contributed by atoms with Crippen molar-refractivity contribution in [2.45, 2.75) is 40.2 Å². The molecule has 0 saturated carbocycles. The first-order valence-corrected chi connectivity index (χ1v) is 4.03. The molecule has 1 unspecified atom stereocenters. The molecule has 0 aliphatic rings. The van der Waals surface area contributed by atoms with Crippen molar-refractivity contribution in [1.82, 2.24) is 0 Å². The van der Waals surface area contributed by atoms with Crippen LogP contribution in [0, 0.1) is 0 Å². The molecule has 0 aromatic heterocycles. The van der Waals surface area contributed by atoms with E-state index in [0.29, 0.717) is 0 Å². The number of carbonyl (C=O) groups excluding carboxylic acids is 1. The van der Waals surface area contributed by atoms with Gasteiger partial charge < -0.3 is 5.11 Å². The normalized spacial score (nSPS) is 11.1. The lowest BCUT2D eigenvalue weighted by Gasteiger charge is -2.05. The van der Waals surface area contributed by atoms with Gasteiger partial charge in [-0.3, -0.25) is 4.89 Å². The highest BCUT2D eigenvalue weighted by Gasteiger charge is 2.00. The average molecular weight is 178 g/mol. The number of aliphatic hydroxyl groups is 1. The molecule has 0 aromatic rings. The van der Waals surface area contributed by atoms with Gasteiger partial charge in [-0.25, -0.2) is 4.79 Å². The van der Waals surface area contributed by atoms with Crippen molar-refractivity contribution >= 4 is 5.97 Å². The fourth-order valence-corrected chi connectivity index (χ4v) is 0.218. The van der Waals surface area contributed by atoms with Crippen LogP contribution in [0.25, 0.3) is 0 Å². The predicted molar refractivity (Wildman–Crippen MR) is 45.4 cm³/mol. The molecule has 0 aliphatic heterocycles. The van der Waals surface area contributed by atoms with Crippen LogP contribution in [0.1, 0.15) is 34.1 Å². The zero-order valence-corrected chi connectivity index (χ0v) is 8.16. The second-order valence-electron chi connectivity index (χ2n) is 2.21. The van der Waals surface area contributed by atoms with E-state index in [4.69, 9.17) is 5.11 Å². The van der Waals surface area contributed by atoms with E-state index in [0.717, 1.165) is 6.42 Å². The summed E-state index contributed by atoms with van der Waals surface area (Å²) in [4.78, 5) is 19.0. The predicted octanol–water partition coefficient (Wildman–Crippen LogP) is 1.28. The largest absolute Gasteiger partial charge is 0.397 e. The Morgan fingerprint density at radius 1 is 1.50 bits per heavy atom. The van der Waals surface area contributed by atoms with Crippen LogP contribution in [0.15, 0.2) is 0 Å². The highest BCUT2D eigenvalue weighted by Crippen LogP contribution is 1.95. The van der Waals surface area contributed by atoms with E-state index in [2.05, 4.69) is 9.78 Å². The van der Waals surface area contributed by atoms with E-state index in [1.54, 1.807) is 6.92 Å². The van der Waals surface area contributed by atoms with E-state index in [1.807, 2.05) is 13.8 Å². The molecule has 1 atom stereocenters. The van der Waals surface area contributed by atoms with E-state index in [1.165, 1.54) is 6.92 Å². The number of hydrogen-bond acceptors (Lipinski definition) is 4. The summed E-state index contributed by atoms with van der Waals surface area (Å²) in [7, 11) is 0. The van der Waals surface area contributed by atoms with Crippen LogP contribution in [0.5, 0.6) is 0 Å². The number of carbonyl (C=O) groups is 1.